The molecule has 2 aromatic rings. The molecule has 2 rings (SSSR count). The van der Waals surface area contributed by atoms with Gasteiger partial charge in [-0.05, 0) is 39.7 Å². The van der Waals surface area contributed by atoms with Crippen molar-refractivity contribution in [2.24, 2.45) is 5.73 Å². The van der Waals surface area contributed by atoms with Crippen molar-refractivity contribution < 1.29 is 13.9 Å². The van der Waals surface area contributed by atoms with Crippen molar-refractivity contribution >= 4 is 15.9 Å². The van der Waals surface area contributed by atoms with Crippen LogP contribution in [0, 0.1) is 5.82 Å². The van der Waals surface area contributed by atoms with Crippen molar-refractivity contribution in [1.29, 1.82) is 0 Å². The molecule has 0 radical (unpaired) electrons. The maximum absolute atomic E-state index is 14.0. The molecule has 1 atom stereocenters. The summed E-state index contributed by atoms with van der Waals surface area (Å²) in [6, 6.07) is 9.54. The van der Waals surface area contributed by atoms with Crippen LogP contribution in [0.5, 0.6) is 11.5 Å². The van der Waals surface area contributed by atoms with Crippen molar-refractivity contribution in [3.8, 4) is 11.5 Å². The van der Waals surface area contributed by atoms with Crippen molar-refractivity contribution in [2.75, 3.05) is 14.2 Å². The normalized spacial score (nSPS) is 12.1. The zero-order chi connectivity index (χ0) is 14.7. The molecule has 0 aliphatic heterocycles. The van der Waals surface area contributed by atoms with Crippen LogP contribution in [-0.4, -0.2) is 14.2 Å². The molecule has 5 heteroatoms. The SMILES string of the molecule is COc1ccc(C(N)c2ccc(OC)c(Br)c2)c(F)c1. The summed E-state index contributed by atoms with van der Waals surface area (Å²) >= 11 is 3.40. The van der Waals surface area contributed by atoms with E-state index >= 15 is 0 Å². The first kappa shape index (κ1) is 14.8. The highest BCUT2D eigenvalue weighted by Crippen LogP contribution is 2.31. The summed E-state index contributed by atoms with van der Waals surface area (Å²) in [4.78, 5) is 0. The molecule has 2 aromatic carbocycles. The lowest BCUT2D eigenvalue weighted by Gasteiger charge is -2.15. The van der Waals surface area contributed by atoms with Gasteiger partial charge in [0.15, 0.2) is 0 Å². The van der Waals surface area contributed by atoms with Crippen molar-refractivity contribution in [3.63, 3.8) is 0 Å². The van der Waals surface area contributed by atoms with Gasteiger partial charge in [0.1, 0.15) is 17.3 Å². The van der Waals surface area contributed by atoms with Gasteiger partial charge in [0, 0.05) is 11.6 Å². The molecule has 2 N–H and O–H groups in total. The Bertz CT molecular complexity index is 619. The van der Waals surface area contributed by atoms with E-state index in [9.17, 15) is 4.39 Å². The van der Waals surface area contributed by atoms with Gasteiger partial charge in [-0.1, -0.05) is 12.1 Å². The van der Waals surface area contributed by atoms with Crippen LogP contribution in [0.15, 0.2) is 40.9 Å². The quantitative estimate of drug-likeness (QED) is 0.924. The van der Waals surface area contributed by atoms with Gasteiger partial charge in [0.2, 0.25) is 0 Å². The van der Waals surface area contributed by atoms with E-state index in [1.165, 1.54) is 13.2 Å². The van der Waals surface area contributed by atoms with Gasteiger partial charge in [-0.2, -0.15) is 0 Å². The highest BCUT2D eigenvalue weighted by atomic mass is 79.9. The second kappa shape index (κ2) is 6.24. The third-order valence-corrected chi connectivity index (χ3v) is 3.70. The standard InChI is InChI=1S/C15H15BrFNO2/c1-19-10-4-5-11(13(17)8-10)15(18)9-3-6-14(20-2)12(16)7-9/h3-8,15H,18H2,1-2H3. The summed E-state index contributed by atoms with van der Waals surface area (Å²) in [6.07, 6.45) is 0. The van der Waals surface area contributed by atoms with E-state index in [-0.39, 0.29) is 5.82 Å². The third kappa shape index (κ3) is 2.94. The molecular formula is C15H15BrFNO2. The van der Waals surface area contributed by atoms with Crippen LogP contribution in [0.1, 0.15) is 17.2 Å². The maximum atomic E-state index is 14.0. The van der Waals surface area contributed by atoms with Crippen LogP contribution in [-0.2, 0) is 0 Å². The number of rotatable bonds is 4. The van der Waals surface area contributed by atoms with Crippen LogP contribution in [0.2, 0.25) is 0 Å². The number of hydrogen-bond donors (Lipinski definition) is 1. The first-order chi connectivity index (χ1) is 9.56. The molecule has 0 aromatic heterocycles. The van der Waals surface area contributed by atoms with E-state index in [0.29, 0.717) is 17.1 Å². The fourth-order valence-corrected chi connectivity index (χ4v) is 2.50. The number of benzene rings is 2. The Kier molecular flexibility index (Phi) is 4.62. The molecule has 0 amide bonds. The summed E-state index contributed by atoms with van der Waals surface area (Å²) in [5.41, 5.74) is 7.34. The number of methoxy groups -OCH3 is 2. The predicted molar refractivity (Wildman–Crippen MR) is 79.7 cm³/mol. The van der Waals surface area contributed by atoms with E-state index in [0.717, 1.165) is 10.0 Å². The van der Waals surface area contributed by atoms with Crippen molar-refractivity contribution in [3.05, 3.63) is 57.8 Å². The fourth-order valence-electron chi connectivity index (χ4n) is 1.94. The molecule has 0 saturated heterocycles. The van der Waals surface area contributed by atoms with Gasteiger partial charge >= 0.3 is 0 Å². The van der Waals surface area contributed by atoms with Crippen LogP contribution >= 0.6 is 15.9 Å². The average Bonchev–Trinajstić information content (AvgIpc) is 2.46. The molecule has 0 spiro atoms. The van der Waals surface area contributed by atoms with Gasteiger partial charge < -0.3 is 15.2 Å². The lowest BCUT2D eigenvalue weighted by atomic mass is 9.99. The minimum absolute atomic E-state index is 0.385. The highest BCUT2D eigenvalue weighted by molar-refractivity contribution is 9.10. The number of nitrogens with two attached hydrogens (primary N) is 1. The molecule has 0 bridgehead atoms. The molecule has 0 aliphatic rings. The molecule has 20 heavy (non-hydrogen) atoms. The van der Waals surface area contributed by atoms with Crippen LogP contribution in [0.4, 0.5) is 4.39 Å². The van der Waals surface area contributed by atoms with Gasteiger partial charge in [0.25, 0.3) is 0 Å². The Morgan fingerprint density at radius 3 is 2.40 bits per heavy atom. The van der Waals surface area contributed by atoms with Gasteiger partial charge in [-0.25, -0.2) is 4.39 Å². The number of ether oxygens (including phenoxy) is 2. The minimum Gasteiger partial charge on any atom is -0.497 e. The average molecular weight is 340 g/mol. The highest BCUT2D eigenvalue weighted by Gasteiger charge is 2.15. The molecule has 0 heterocycles. The number of halogens is 2. The fraction of sp³-hybridized carbons (Fsp3) is 0.200. The maximum Gasteiger partial charge on any atom is 0.133 e. The Balaban J connectivity index is 2.35. The molecule has 0 fully saturated rings. The second-order valence-electron chi connectivity index (χ2n) is 4.26. The van der Waals surface area contributed by atoms with E-state index in [2.05, 4.69) is 15.9 Å². The van der Waals surface area contributed by atoms with Crippen LogP contribution in [0.25, 0.3) is 0 Å². The van der Waals surface area contributed by atoms with Crippen molar-refractivity contribution in [2.45, 2.75) is 6.04 Å². The molecule has 1 unspecified atom stereocenters. The first-order valence-corrected chi connectivity index (χ1v) is 6.78. The third-order valence-electron chi connectivity index (χ3n) is 3.08. The number of hydrogen-bond acceptors (Lipinski definition) is 3. The summed E-state index contributed by atoms with van der Waals surface area (Å²) in [7, 11) is 3.08. The molecule has 106 valence electrons. The Labute approximate surface area is 125 Å². The Morgan fingerprint density at radius 2 is 1.85 bits per heavy atom. The monoisotopic (exact) mass is 339 g/mol. The Hall–Kier alpha value is -1.59. The molecule has 0 aliphatic carbocycles. The minimum atomic E-state index is -0.553. The van der Waals surface area contributed by atoms with Gasteiger partial charge in [0.05, 0.1) is 24.7 Å². The van der Waals surface area contributed by atoms with E-state index in [1.807, 2.05) is 12.1 Å². The summed E-state index contributed by atoms with van der Waals surface area (Å²) < 4.78 is 24.9. The zero-order valence-electron chi connectivity index (χ0n) is 11.2. The van der Waals surface area contributed by atoms with E-state index < -0.39 is 6.04 Å². The summed E-state index contributed by atoms with van der Waals surface area (Å²) in [5.74, 6) is 0.786. The lowest BCUT2D eigenvalue weighted by molar-refractivity contribution is 0.410. The van der Waals surface area contributed by atoms with E-state index in [1.54, 1.807) is 25.3 Å². The van der Waals surface area contributed by atoms with Gasteiger partial charge in [-0.3, -0.25) is 0 Å². The topological polar surface area (TPSA) is 44.5 Å². The van der Waals surface area contributed by atoms with Crippen LogP contribution in [0.3, 0.4) is 0 Å². The largest absolute Gasteiger partial charge is 0.497 e. The second-order valence-corrected chi connectivity index (χ2v) is 5.11. The molecular weight excluding hydrogens is 325 g/mol. The Morgan fingerprint density at radius 1 is 1.10 bits per heavy atom. The van der Waals surface area contributed by atoms with E-state index in [4.69, 9.17) is 15.2 Å². The van der Waals surface area contributed by atoms with Crippen molar-refractivity contribution in [1.82, 2.24) is 0 Å². The smallest absolute Gasteiger partial charge is 0.133 e. The lowest BCUT2D eigenvalue weighted by Crippen LogP contribution is -2.13. The van der Waals surface area contributed by atoms with Crippen LogP contribution < -0.4 is 15.2 Å². The predicted octanol–water partition coefficient (Wildman–Crippen LogP) is 3.65. The van der Waals surface area contributed by atoms with Gasteiger partial charge in [-0.15, -0.1) is 0 Å². The molecule has 3 nitrogen and oxygen atoms in total. The summed E-state index contributed by atoms with van der Waals surface area (Å²) in [5, 5.41) is 0. The molecule has 0 saturated carbocycles. The first-order valence-electron chi connectivity index (χ1n) is 5.99. The zero-order valence-corrected chi connectivity index (χ0v) is 12.8. The summed E-state index contributed by atoms with van der Waals surface area (Å²) in [6.45, 7) is 0.